The largest absolute Gasteiger partial charge is 0.463 e. The zero-order valence-electron chi connectivity index (χ0n) is 28.2. The van der Waals surface area contributed by atoms with Gasteiger partial charge in [-0.15, -0.1) is 0 Å². The van der Waals surface area contributed by atoms with E-state index in [0.717, 1.165) is 57.8 Å². The first-order valence-electron chi connectivity index (χ1n) is 18.4. The number of hydrogen-bond acceptors (Lipinski definition) is 6. The van der Waals surface area contributed by atoms with Crippen molar-refractivity contribution < 1.29 is 28.9 Å². The number of unbranched alkanes of at least 4 members (excludes halogenated alkanes) is 19. The maximum Gasteiger partial charge on any atom is 0.305 e. The van der Waals surface area contributed by atoms with Crippen LogP contribution >= 0.6 is 0 Å². The van der Waals surface area contributed by atoms with Crippen LogP contribution in [0.3, 0.4) is 0 Å². The molecule has 6 heteroatoms. The van der Waals surface area contributed by atoms with Gasteiger partial charge in [0.05, 0.1) is 12.2 Å². The van der Waals surface area contributed by atoms with Gasteiger partial charge in [-0.1, -0.05) is 142 Å². The van der Waals surface area contributed by atoms with Gasteiger partial charge in [0, 0.05) is 12.8 Å². The maximum absolute atomic E-state index is 12.0. The third-order valence-corrected chi connectivity index (χ3v) is 8.42. The summed E-state index contributed by atoms with van der Waals surface area (Å²) >= 11 is 0. The molecule has 1 saturated heterocycles. The molecule has 1 aliphatic rings. The summed E-state index contributed by atoms with van der Waals surface area (Å²) in [5, 5.41) is 9.99. The van der Waals surface area contributed by atoms with Crippen LogP contribution in [-0.4, -0.2) is 48.6 Å². The summed E-state index contributed by atoms with van der Waals surface area (Å²) < 4.78 is 16.1. The van der Waals surface area contributed by atoms with Gasteiger partial charge in [0.25, 0.3) is 0 Å². The van der Waals surface area contributed by atoms with E-state index in [1.807, 2.05) is 0 Å². The predicted octanol–water partition coefficient (Wildman–Crippen LogP) is 9.94. The van der Waals surface area contributed by atoms with Crippen molar-refractivity contribution in [3.05, 3.63) is 12.2 Å². The lowest BCUT2D eigenvalue weighted by atomic mass is 10.0. The van der Waals surface area contributed by atoms with E-state index in [4.69, 9.17) is 14.2 Å². The average molecular weight is 609 g/mol. The molecule has 1 heterocycles. The lowest BCUT2D eigenvalue weighted by Crippen LogP contribution is -2.25. The second kappa shape index (κ2) is 29.3. The van der Waals surface area contributed by atoms with Crippen molar-refractivity contribution in [1.82, 2.24) is 0 Å². The summed E-state index contributed by atoms with van der Waals surface area (Å²) in [5.74, 6) is -0.582. The molecular weight excluding hydrogens is 540 g/mol. The molecule has 1 aliphatic heterocycles. The molecule has 0 aromatic carbocycles. The Morgan fingerprint density at radius 3 is 1.56 bits per heavy atom. The van der Waals surface area contributed by atoms with Crippen molar-refractivity contribution in [3.63, 3.8) is 0 Å². The Kier molecular flexibility index (Phi) is 27.0. The van der Waals surface area contributed by atoms with E-state index < -0.39 is 6.10 Å². The number of aliphatic hydroxyl groups excluding tert-OH is 1. The number of allylic oxidation sites excluding steroid dienone is 1. The standard InChI is InChI=1S/C37H68O6/c1-3-5-7-9-11-12-13-14-15-16-17-21-25-29-36(39)41-31-33(38)32-42-37(40)30-26-22-18-20-24-28-35-34(43-35)27-23-19-10-8-6-4-2/h19,23,33-35,38H,3-18,20-22,24-32H2,1-2H3/b23-19-/t33-,34?,35?/m1/s1. The Morgan fingerprint density at radius 1 is 0.605 bits per heavy atom. The molecule has 0 bridgehead atoms. The van der Waals surface area contributed by atoms with Gasteiger partial charge in [-0.25, -0.2) is 0 Å². The molecule has 43 heavy (non-hydrogen) atoms. The van der Waals surface area contributed by atoms with Gasteiger partial charge in [-0.3, -0.25) is 9.59 Å². The van der Waals surface area contributed by atoms with Crippen molar-refractivity contribution in [2.75, 3.05) is 13.2 Å². The third kappa shape index (κ3) is 26.7. The molecule has 0 amide bonds. The SMILES string of the molecule is CCCCC/C=C\CC1OC1CCCCCCCC(=O)OC[C@H](O)COC(=O)CCCCCCCCCCCCCCC. The molecule has 0 spiro atoms. The topological polar surface area (TPSA) is 85.4 Å². The highest BCUT2D eigenvalue weighted by Crippen LogP contribution is 2.30. The highest BCUT2D eigenvalue weighted by Gasteiger charge is 2.36. The normalized spacial score (nSPS) is 16.9. The summed E-state index contributed by atoms with van der Waals surface area (Å²) in [6, 6.07) is 0. The minimum atomic E-state index is -0.968. The Hall–Kier alpha value is -1.40. The number of esters is 2. The summed E-state index contributed by atoms with van der Waals surface area (Å²) in [7, 11) is 0. The van der Waals surface area contributed by atoms with E-state index in [0.29, 0.717) is 25.0 Å². The zero-order chi connectivity index (χ0) is 31.2. The van der Waals surface area contributed by atoms with Crippen LogP contribution in [0.4, 0.5) is 0 Å². The highest BCUT2D eigenvalue weighted by atomic mass is 16.6. The highest BCUT2D eigenvalue weighted by molar-refractivity contribution is 5.69. The number of epoxide rings is 1. The van der Waals surface area contributed by atoms with Crippen molar-refractivity contribution in [3.8, 4) is 0 Å². The number of hydrogen-bond donors (Lipinski definition) is 1. The van der Waals surface area contributed by atoms with Crippen molar-refractivity contribution in [1.29, 1.82) is 0 Å². The fourth-order valence-corrected chi connectivity index (χ4v) is 5.50. The molecule has 252 valence electrons. The molecule has 0 aromatic heterocycles. The van der Waals surface area contributed by atoms with Crippen LogP contribution in [0, 0.1) is 0 Å². The molecular formula is C37H68O6. The summed E-state index contributed by atoms with van der Waals surface area (Å²) in [4.78, 5) is 23.9. The summed E-state index contributed by atoms with van der Waals surface area (Å²) in [6.07, 6.45) is 34.2. The molecule has 1 N–H and O–H groups in total. The Labute approximate surface area is 265 Å². The van der Waals surface area contributed by atoms with Crippen LogP contribution in [0.1, 0.15) is 181 Å². The molecule has 1 fully saturated rings. The zero-order valence-corrected chi connectivity index (χ0v) is 28.2. The first-order valence-corrected chi connectivity index (χ1v) is 18.4. The number of carbonyl (C=O) groups is 2. The van der Waals surface area contributed by atoms with Crippen LogP contribution in [0.2, 0.25) is 0 Å². The molecule has 0 aliphatic carbocycles. The molecule has 0 aromatic rings. The molecule has 2 unspecified atom stereocenters. The van der Waals surface area contributed by atoms with E-state index in [9.17, 15) is 14.7 Å². The Bertz CT molecular complexity index is 678. The van der Waals surface area contributed by atoms with E-state index in [-0.39, 0.29) is 25.2 Å². The average Bonchev–Trinajstić information content (AvgIpc) is 3.76. The summed E-state index contributed by atoms with van der Waals surface area (Å²) in [5.41, 5.74) is 0. The smallest absolute Gasteiger partial charge is 0.305 e. The number of rotatable bonds is 32. The second-order valence-corrected chi connectivity index (χ2v) is 12.7. The minimum Gasteiger partial charge on any atom is -0.463 e. The van der Waals surface area contributed by atoms with E-state index in [2.05, 4.69) is 26.0 Å². The van der Waals surface area contributed by atoms with Crippen LogP contribution in [-0.2, 0) is 23.8 Å². The van der Waals surface area contributed by atoms with Gasteiger partial charge >= 0.3 is 11.9 Å². The van der Waals surface area contributed by atoms with Gasteiger partial charge in [0.15, 0.2) is 0 Å². The van der Waals surface area contributed by atoms with Crippen LogP contribution < -0.4 is 0 Å². The van der Waals surface area contributed by atoms with E-state index >= 15 is 0 Å². The van der Waals surface area contributed by atoms with Crippen LogP contribution in [0.25, 0.3) is 0 Å². The van der Waals surface area contributed by atoms with Crippen LogP contribution in [0.15, 0.2) is 12.2 Å². The Morgan fingerprint density at radius 2 is 1.05 bits per heavy atom. The monoisotopic (exact) mass is 609 g/mol. The van der Waals surface area contributed by atoms with Gasteiger partial charge in [-0.2, -0.15) is 0 Å². The van der Waals surface area contributed by atoms with Crippen molar-refractivity contribution in [2.24, 2.45) is 0 Å². The number of carbonyl (C=O) groups excluding carboxylic acids is 2. The molecule has 0 saturated carbocycles. The van der Waals surface area contributed by atoms with Gasteiger partial charge < -0.3 is 19.3 Å². The van der Waals surface area contributed by atoms with Gasteiger partial charge in [0.1, 0.15) is 19.3 Å². The summed E-state index contributed by atoms with van der Waals surface area (Å²) in [6.45, 7) is 4.25. The van der Waals surface area contributed by atoms with Gasteiger partial charge in [0.2, 0.25) is 0 Å². The third-order valence-electron chi connectivity index (χ3n) is 8.42. The number of aliphatic hydroxyl groups is 1. The van der Waals surface area contributed by atoms with Crippen molar-refractivity contribution in [2.45, 2.75) is 199 Å². The molecule has 3 atom stereocenters. The minimum absolute atomic E-state index is 0.120. The first kappa shape index (κ1) is 39.6. The quantitative estimate of drug-likeness (QED) is 0.0354. The fraction of sp³-hybridized carbons (Fsp3) is 0.892. The van der Waals surface area contributed by atoms with E-state index in [1.54, 1.807) is 0 Å². The van der Waals surface area contributed by atoms with Crippen LogP contribution in [0.5, 0.6) is 0 Å². The predicted molar refractivity (Wildman–Crippen MR) is 177 cm³/mol. The maximum atomic E-state index is 12.0. The molecule has 1 rings (SSSR count). The van der Waals surface area contributed by atoms with Crippen molar-refractivity contribution >= 4 is 11.9 Å². The lowest BCUT2D eigenvalue weighted by molar-refractivity contribution is -0.152. The first-order chi connectivity index (χ1) is 21.1. The molecule has 6 nitrogen and oxygen atoms in total. The Balaban J connectivity index is 1.82. The number of ether oxygens (including phenoxy) is 3. The second-order valence-electron chi connectivity index (χ2n) is 12.7. The van der Waals surface area contributed by atoms with Gasteiger partial charge in [-0.05, 0) is 38.5 Å². The fourth-order valence-electron chi connectivity index (χ4n) is 5.50. The van der Waals surface area contributed by atoms with E-state index in [1.165, 1.54) is 96.3 Å². The lowest BCUT2D eigenvalue weighted by Gasteiger charge is -2.12. The molecule has 0 radical (unpaired) electrons.